The van der Waals surface area contributed by atoms with Gasteiger partial charge in [-0.15, -0.1) is 0 Å². The minimum atomic E-state index is -0.246. The molecule has 22 heavy (non-hydrogen) atoms. The summed E-state index contributed by atoms with van der Waals surface area (Å²) in [5, 5.41) is 1.22. The van der Waals surface area contributed by atoms with E-state index in [2.05, 4.69) is 41.2 Å². The van der Waals surface area contributed by atoms with Crippen LogP contribution < -0.4 is 0 Å². The molecule has 116 valence electrons. The van der Waals surface area contributed by atoms with Crippen molar-refractivity contribution in [3.8, 4) is 0 Å². The third kappa shape index (κ3) is 1.98. The van der Waals surface area contributed by atoms with Crippen molar-refractivity contribution in [2.75, 3.05) is 6.54 Å². The number of fused-ring (bicyclic) bond motifs is 1. The highest BCUT2D eigenvalue weighted by Gasteiger charge is 2.54. The van der Waals surface area contributed by atoms with Gasteiger partial charge in [0.15, 0.2) is 0 Å². The number of rotatable bonds is 3. The van der Waals surface area contributed by atoms with Crippen molar-refractivity contribution in [2.45, 2.75) is 56.9 Å². The van der Waals surface area contributed by atoms with Gasteiger partial charge in [0, 0.05) is 29.7 Å². The van der Waals surface area contributed by atoms with Crippen LogP contribution >= 0.6 is 0 Å². The number of likely N-dealkylation sites (tertiary alicyclic amines) is 1. The molecule has 2 aliphatic rings. The number of carbonyl (C=O) groups is 1. The molecule has 1 aliphatic heterocycles. The lowest BCUT2D eigenvalue weighted by molar-refractivity contribution is -0.137. The van der Waals surface area contributed by atoms with E-state index >= 15 is 0 Å². The van der Waals surface area contributed by atoms with Crippen LogP contribution in [-0.4, -0.2) is 28.4 Å². The number of aromatic nitrogens is 1. The van der Waals surface area contributed by atoms with Gasteiger partial charge in [-0.1, -0.05) is 25.1 Å². The van der Waals surface area contributed by atoms with Gasteiger partial charge >= 0.3 is 0 Å². The zero-order chi connectivity index (χ0) is 15.2. The number of amides is 1. The largest absolute Gasteiger partial charge is 0.361 e. The van der Waals surface area contributed by atoms with E-state index in [-0.39, 0.29) is 5.41 Å². The fourth-order valence-corrected chi connectivity index (χ4v) is 4.16. The monoisotopic (exact) mass is 296 g/mol. The summed E-state index contributed by atoms with van der Waals surface area (Å²) < 4.78 is 0. The number of H-pyrrole nitrogens is 1. The van der Waals surface area contributed by atoms with E-state index in [9.17, 15) is 4.79 Å². The van der Waals surface area contributed by atoms with Crippen molar-refractivity contribution in [1.82, 2.24) is 9.88 Å². The van der Waals surface area contributed by atoms with Gasteiger partial charge in [-0.25, -0.2) is 0 Å². The first-order valence-electron chi connectivity index (χ1n) is 8.64. The molecule has 3 nitrogen and oxygen atoms in total. The summed E-state index contributed by atoms with van der Waals surface area (Å²) in [6.07, 6.45) is 8.75. The van der Waals surface area contributed by atoms with Crippen molar-refractivity contribution < 1.29 is 4.79 Å². The molecule has 1 saturated heterocycles. The highest BCUT2D eigenvalue weighted by atomic mass is 16.2. The maximum Gasteiger partial charge on any atom is 0.233 e. The topological polar surface area (TPSA) is 36.1 Å². The molecule has 4 rings (SSSR count). The maximum atomic E-state index is 13.3. The van der Waals surface area contributed by atoms with E-state index < -0.39 is 0 Å². The molecule has 2 aromatic rings. The number of aromatic amines is 1. The zero-order valence-corrected chi connectivity index (χ0v) is 13.3. The summed E-state index contributed by atoms with van der Waals surface area (Å²) in [5.41, 5.74) is 2.11. The van der Waals surface area contributed by atoms with Crippen molar-refractivity contribution in [3.05, 3.63) is 36.0 Å². The van der Waals surface area contributed by atoms with Gasteiger partial charge in [0.1, 0.15) is 0 Å². The number of carbonyl (C=O) groups excluding carboxylic acids is 1. The standard InChI is InChI=1S/C19H24N2O/c1-2-14-7-5-6-12-21(14)18(22)19(10-11-19)16-13-20-17-9-4-3-8-15(16)17/h3-4,8-9,13-14,20H,2,5-7,10-12H2,1H3. The fraction of sp³-hybridized carbons (Fsp3) is 0.526. The number of piperidine rings is 1. The van der Waals surface area contributed by atoms with Crippen LogP contribution in [0.1, 0.15) is 51.0 Å². The number of hydrogen-bond donors (Lipinski definition) is 1. The molecule has 2 heterocycles. The van der Waals surface area contributed by atoms with Crippen molar-refractivity contribution in [3.63, 3.8) is 0 Å². The number of nitrogens with zero attached hydrogens (tertiary/aromatic N) is 1. The molecule has 1 N–H and O–H groups in total. The minimum Gasteiger partial charge on any atom is -0.361 e. The Hall–Kier alpha value is -1.77. The molecule has 1 aromatic heterocycles. The molecule has 0 bridgehead atoms. The third-order valence-corrected chi connectivity index (χ3v) is 5.62. The Balaban J connectivity index is 1.70. The summed E-state index contributed by atoms with van der Waals surface area (Å²) in [5.74, 6) is 0.379. The Bertz CT molecular complexity index is 698. The third-order valence-electron chi connectivity index (χ3n) is 5.62. The van der Waals surface area contributed by atoms with Crippen molar-refractivity contribution in [1.29, 1.82) is 0 Å². The molecule has 1 atom stereocenters. The van der Waals surface area contributed by atoms with Crippen LogP contribution in [0.25, 0.3) is 10.9 Å². The molecule has 1 aliphatic carbocycles. The van der Waals surface area contributed by atoms with E-state index in [1.54, 1.807) is 0 Å². The molecule has 0 radical (unpaired) electrons. The Labute approximate surface area is 131 Å². The second-order valence-corrected chi connectivity index (χ2v) is 6.89. The zero-order valence-electron chi connectivity index (χ0n) is 13.3. The van der Waals surface area contributed by atoms with E-state index in [1.807, 2.05) is 6.07 Å². The van der Waals surface area contributed by atoms with E-state index in [0.29, 0.717) is 11.9 Å². The second-order valence-electron chi connectivity index (χ2n) is 6.89. The first-order chi connectivity index (χ1) is 10.8. The van der Waals surface area contributed by atoms with Gasteiger partial charge in [-0.2, -0.15) is 0 Å². The summed E-state index contributed by atoms with van der Waals surface area (Å²) in [4.78, 5) is 18.8. The van der Waals surface area contributed by atoms with Crippen LogP contribution in [0.5, 0.6) is 0 Å². The minimum absolute atomic E-state index is 0.246. The van der Waals surface area contributed by atoms with Crippen LogP contribution in [0.3, 0.4) is 0 Å². The number of benzene rings is 1. The average Bonchev–Trinajstić information content (AvgIpc) is 3.27. The van der Waals surface area contributed by atoms with Crippen LogP contribution in [0.4, 0.5) is 0 Å². The first-order valence-corrected chi connectivity index (χ1v) is 8.64. The van der Waals surface area contributed by atoms with Crippen LogP contribution in [0, 0.1) is 0 Å². The molecule has 1 aromatic carbocycles. The van der Waals surface area contributed by atoms with Crippen molar-refractivity contribution in [2.24, 2.45) is 0 Å². The Morgan fingerprint density at radius 2 is 2.14 bits per heavy atom. The predicted molar refractivity (Wildman–Crippen MR) is 88.9 cm³/mol. The Kier molecular flexibility index (Phi) is 3.24. The number of hydrogen-bond acceptors (Lipinski definition) is 1. The SMILES string of the molecule is CCC1CCCCN1C(=O)C1(c2c[nH]c3ccccc23)CC1. The summed E-state index contributed by atoms with van der Waals surface area (Å²) in [7, 11) is 0. The Morgan fingerprint density at radius 1 is 1.32 bits per heavy atom. The summed E-state index contributed by atoms with van der Waals surface area (Å²) in [6.45, 7) is 3.16. The van der Waals surface area contributed by atoms with Gasteiger partial charge < -0.3 is 9.88 Å². The second kappa shape index (κ2) is 5.15. The number of para-hydroxylation sites is 1. The molecule has 2 fully saturated rings. The highest BCUT2D eigenvalue weighted by molar-refractivity contribution is 5.97. The van der Waals surface area contributed by atoms with Crippen LogP contribution in [0.15, 0.2) is 30.5 Å². The van der Waals surface area contributed by atoms with Crippen molar-refractivity contribution >= 4 is 16.8 Å². The molecular formula is C19H24N2O. The normalized spacial score (nSPS) is 23.7. The molecule has 1 amide bonds. The molecule has 1 saturated carbocycles. The van der Waals surface area contributed by atoms with Gasteiger partial charge in [0.2, 0.25) is 5.91 Å². The predicted octanol–water partition coefficient (Wildman–Crippen LogP) is 3.99. The van der Waals surface area contributed by atoms with E-state index in [4.69, 9.17) is 0 Å². The average molecular weight is 296 g/mol. The Morgan fingerprint density at radius 3 is 2.91 bits per heavy atom. The quantitative estimate of drug-likeness (QED) is 0.913. The molecule has 0 spiro atoms. The van der Waals surface area contributed by atoms with E-state index in [0.717, 1.165) is 37.7 Å². The van der Waals surface area contributed by atoms with Gasteiger partial charge in [0.25, 0.3) is 0 Å². The smallest absolute Gasteiger partial charge is 0.233 e. The molecule has 3 heteroatoms. The van der Waals surface area contributed by atoms with Crippen LogP contribution in [0.2, 0.25) is 0 Å². The lowest BCUT2D eigenvalue weighted by Crippen LogP contribution is -2.48. The highest BCUT2D eigenvalue weighted by Crippen LogP contribution is 2.52. The lowest BCUT2D eigenvalue weighted by atomic mass is 9.91. The lowest BCUT2D eigenvalue weighted by Gasteiger charge is -2.37. The van der Waals surface area contributed by atoms with Gasteiger partial charge in [-0.3, -0.25) is 4.79 Å². The molecule has 1 unspecified atom stereocenters. The first kappa shape index (κ1) is 13.9. The fourth-order valence-electron chi connectivity index (χ4n) is 4.16. The van der Waals surface area contributed by atoms with Gasteiger partial charge in [-0.05, 0) is 50.2 Å². The summed E-state index contributed by atoms with van der Waals surface area (Å²) in [6, 6.07) is 8.79. The van der Waals surface area contributed by atoms with E-state index in [1.165, 1.54) is 23.8 Å². The summed E-state index contributed by atoms with van der Waals surface area (Å²) >= 11 is 0. The molecular weight excluding hydrogens is 272 g/mol. The maximum absolute atomic E-state index is 13.3. The van der Waals surface area contributed by atoms with Gasteiger partial charge in [0.05, 0.1) is 5.41 Å². The number of nitrogens with one attached hydrogen (secondary N) is 1. The van der Waals surface area contributed by atoms with Crippen LogP contribution in [-0.2, 0) is 10.2 Å².